The fraction of sp³-hybridized carbons (Fsp3) is 0.441. The maximum atomic E-state index is 12.6. The van der Waals surface area contributed by atoms with Crippen LogP contribution in [0.2, 0.25) is 0 Å². The summed E-state index contributed by atoms with van der Waals surface area (Å²) in [6.07, 6.45) is 1.32. The number of carbonyl (C=O) groups excluding carboxylic acids is 3. The third kappa shape index (κ3) is 8.09. The Kier molecular flexibility index (Phi) is 9.43. The second-order valence-electron chi connectivity index (χ2n) is 12.8. The minimum atomic E-state index is -0.544. The molecule has 5 heterocycles. The van der Waals surface area contributed by atoms with Crippen LogP contribution in [-0.2, 0) is 20.8 Å². The van der Waals surface area contributed by atoms with E-state index in [1.54, 1.807) is 17.0 Å². The first-order valence-electron chi connectivity index (χ1n) is 15.9. The number of anilines is 2. The lowest BCUT2D eigenvalue weighted by Gasteiger charge is -2.28. The first kappa shape index (κ1) is 32.0. The zero-order valence-corrected chi connectivity index (χ0v) is 26.9. The zero-order chi connectivity index (χ0) is 33.0. The molecule has 1 aromatic carbocycles. The maximum Gasteiger partial charge on any atom is 0.415 e. The van der Waals surface area contributed by atoms with E-state index >= 15 is 0 Å². The number of pyridine rings is 2. The van der Waals surface area contributed by atoms with Gasteiger partial charge in [-0.2, -0.15) is 0 Å². The Morgan fingerprint density at radius 1 is 1.11 bits per heavy atom. The molecule has 0 bridgehead atoms. The summed E-state index contributed by atoms with van der Waals surface area (Å²) >= 11 is 0. The SMILES string of the molecule is CC(C)(C)OC(=O)N1CCCC1COc1cccc(-c2cccc(CNCCC3CN(c4ccc5c(n4)NC(=O)CO5)C(=O)O3)c2)n1. The Morgan fingerprint density at radius 3 is 2.81 bits per heavy atom. The number of carbonyl (C=O) groups is 3. The molecule has 3 aliphatic rings. The van der Waals surface area contributed by atoms with Gasteiger partial charge in [0.25, 0.3) is 5.91 Å². The average molecular weight is 645 g/mol. The van der Waals surface area contributed by atoms with Crippen LogP contribution in [0.15, 0.2) is 54.6 Å². The van der Waals surface area contributed by atoms with Crippen molar-refractivity contribution in [3.05, 3.63) is 60.2 Å². The first-order valence-corrected chi connectivity index (χ1v) is 15.9. The molecule has 0 spiro atoms. The summed E-state index contributed by atoms with van der Waals surface area (Å²) in [5.41, 5.74) is 2.30. The van der Waals surface area contributed by atoms with Gasteiger partial charge < -0.3 is 34.5 Å². The summed E-state index contributed by atoms with van der Waals surface area (Å²) in [6, 6.07) is 17.1. The maximum absolute atomic E-state index is 12.6. The number of likely N-dealkylation sites (tertiary alicyclic amines) is 1. The Morgan fingerprint density at radius 2 is 1.96 bits per heavy atom. The van der Waals surface area contributed by atoms with E-state index in [0.29, 0.717) is 62.5 Å². The van der Waals surface area contributed by atoms with Gasteiger partial charge in [-0.05, 0) is 76.4 Å². The van der Waals surface area contributed by atoms with Gasteiger partial charge >= 0.3 is 12.2 Å². The second-order valence-corrected chi connectivity index (χ2v) is 12.8. The van der Waals surface area contributed by atoms with Crippen molar-refractivity contribution in [2.75, 3.05) is 43.1 Å². The molecule has 3 aromatic rings. The van der Waals surface area contributed by atoms with E-state index in [-0.39, 0.29) is 30.8 Å². The first-order chi connectivity index (χ1) is 22.6. The van der Waals surface area contributed by atoms with Crippen LogP contribution in [0.4, 0.5) is 21.2 Å². The van der Waals surface area contributed by atoms with Crippen LogP contribution < -0.4 is 25.0 Å². The fourth-order valence-corrected chi connectivity index (χ4v) is 5.71. The van der Waals surface area contributed by atoms with Gasteiger partial charge in [-0.1, -0.05) is 24.3 Å². The monoisotopic (exact) mass is 644 g/mol. The molecule has 248 valence electrons. The number of hydrogen-bond acceptors (Lipinski definition) is 10. The smallest absolute Gasteiger partial charge is 0.415 e. The van der Waals surface area contributed by atoms with Crippen LogP contribution in [0.3, 0.4) is 0 Å². The van der Waals surface area contributed by atoms with Gasteiger partial charge in [-0.3, -0.25) is 9.69 Å². The number of nitrogens with zero attached hydrogens (tertiary/aromatic N) is 4. The van der Waals surface area contributed by atoms with Gasteiger partial charge in [0.05, 0.1) is 18.3 Å². The van der Waals surface area contributed by atoms with Crippen molar-refractivity contribution < 1.29 is 33.3 Å². The third-order valence-electron chi connectivity index (χ3n) is 7.96. The molecule has 0 saturated carbocycles. The molecule has 13 heteroatoms. The standard InChI is InChI=1S/C34H40N6O7/c1-34(2,3)47-33(43)39-16-6-9-24(39)20-45-30-11-5-10-26(36-30)23-8-4-7-22(17-23)18-35-15-14-25-19-40(32(42)46-25)28-13-12-27-31(37-28)38-29(41)21-44-27/h4-5,7-8,10-13,17,24-25,35H,6,9,14-16,18-21H2,1-3H3,(H,37,38,41). The molecular weight excluding hydrogens is 604 g/mol. The largest absolute Gasteiger partial charge is 0.480 e. The van der Waals surface area contributed by atoms with Crippen molar-refractivity contribution in [1.29, 1.82) is 0 Å². The molecule has 47 heavy (non-hydrogen) atoms. The highest BCUT2D eigenvalue weighted by Gasteiger charge is 2.34. The molecule has 2 atom stereocenters. The van der Waals surface area contributed by atoms with Crippen molar-refractivity contribution in [2.45, 2.75) is 64.3 Å². The molecule has 0 aliphatic carbocycles. The molecule has 0 radical (unpaired) electrons. The van der Waals surface area contributed by atoms with E-state index in [0.717, 1.165) is 29.7 Å². The van der Waals surface area contributed by atoms with Gasteiger partial charge in [0, 0.05) is 24.7 Å². The lowest BCUT2D eigenvalue weighted by atomic mass is 10.1. The quantitative estimate of drug-likeness (QED) is 0.297. The summed E-state index contributed by atoms with van der Waals surface area (Å²) < 4.78 is 22.5. The average Bonchev–Trinajstić information content (AvgIpc) is 3.67. The highest BCUT2D eigenvalue weighted by molar-refractivity contribution is 5.95. The van der Waals surface area contributed by atoms with Crippen LogP contribution in [-0.4, -0.2) is 83.6 Å². The van der Waals surface area contributed by atoms with Crippen LogP contribution in [0, 0.1) is 0 Å². The molecule has 6 rings (SSSR count). The van der Waals surface area contributed by atoms with Gasteiger partial charge in [0.15, 0.2) is 18.2 Å². The minimum Gasteiger partial charge on any atom is -0.480 e. The highest BCUT2D eigenvalue weighted by atomic mass is 16.6. The number of cyclic esters (lactones) is 1. The van der Waals surface area contributed by atoms with Gasteiger partial charge in [-0.25, -0.2) is 19.6 Å². The van der Waals surface area contributed by atoms with Crippen LogP contribution >= 0.6 is 0 Å². The Bertz CT molecular complexity index is 1630. The van der Waals surface area contributed by atoms with E-state index in [1.807, 2.05) is 57.2 Å². The summed E-state index contributed by atoms with van der Waals surface area (Å²) in [5, 5.41) is 6.10. The molecule has 2 saturated heterocycles. The van der Waals surface area contributed by atoms with Crippen molar-refractivity contribution in [3.63, 3.8) is 0 Å². The molecule has 2 unspecified atom stereocenters. The lowest BCUT2D eigenvalue weighted by Crippen LogP contribution is -2.42. The molecular formula is C34H40N6O7. The van der Waals surface area contributed by atoms with Gasteiger partial charge in [0.1, 0.15) is 24.1 Å². The summed E-state index contributed by atoms with van der Waals surface area (Å²) in [5.74, 6) is 1.38. The number of nitrogens with one attached hydrogen (secondary N) is 2. The number of amides is 3. The third-order valence-corrected chi connectivity index (χ3v) is 7.96. The van der Waals surface area contributed by atoms with Gasteiger partial charge in [-0.15, -0.1) is 0 Å². The van der Waals surface area contributed by atoms with Crippen molar-refractivity contribution in [2.24, 2.45) is 0 Å². The number of aromatic nitrogens is 2. The van der Waals surface area contributed by atoms with E-state index in [2.05, 4.69) is 21.7 Å². The van der Waals surface area contributed by atoms with Crippen LogP contribution in [0.25, 0.3) is 11.3 Å². The highest BCUT2D eigenvalue weighted by Crippen LogP contribution is 2.30. The number of rotatable bonds is 10. The summed E-state index contributed by atoms with van der Waals surface area (Å²) in [6.45, 7) is 8.18. The molecule has 2 aromatic heterocycles. The number of hydrogen-bond donors (Lipinski definition) is 2. The van der Waals surface area contributed by atoms with E-state index in [9.17, 15) is 14.4 Å². The predicted molar refractivity (Wildman–Crippen MR) is 173 cm³/mol. The molecule has 2 fully saturated rings. The molecule has 3 aliphatic heterocycles. The molecule has 13 nitrogen and oxygen atoms in total. The lowest BCUT2D eigenvalue weighted by molar-refractivity contribution is -0.118. The van der Waals surface area contributed by atoms with Crippen molar-refractivity contribution in [1.82, 2.24) is 20.2 Å². The van der Waals surface area contributed by atoms with E-state index in [4.69, 9.17) is 23.9 Å². The number of benzene rings is 1. The number of fused-ring (bicyclic) bond motifs is 1. The molecule has 3 amide bonds. The fourth-order valence-electron chi connectivity index (χ4n) is 5.71. The number of ether oxygens (including phenoxy) is 4. The minimum absolute atomic E-state index is 0.0554. The Hall–Kier alpha value is -4.91. The Balaban J connectivity index is 0.977. The summed E-state index contributed by atoms with van der Waals surface area (Å²) in [4.78, 5) is 49.1. The topological polar surface area (TPSA) is 144 Å². The van der Waals surface area contributed by atoms with Crippen molar-refractivity contribution >= 4 is 29.7 Å². The summed E-state index contributed by atoms with van der Waals surface area (Å²) in [7, 11) is 0. The van der Waals surface area contributed by atoms with Crippen molar-refractivity contribution in [3.8, 4) is 22.9 Å². The normalized spacial score (nSPS) is 19.1. The van der Waals surface area contributed by atoms with Crippen LogP contribution in [0.5, 0.6) is 11.6 Å². The predicted octanol–water partition coefficient (Wildman–Crippen LogP) is 4.76. The second kappa shape index (κ2) is 13.8. The van der Waals surface area contributed by atoms with Gasteiger partial charge in [0.2, 0.25) is 5.88 Å². The zero-order valence-electron chi connectivity index (χ0n) is 26.9. The molecule has 2 N–H and O–H groups in total. The van der Waals surface area contributed by atoms with E-state index in [1.165, 1.54) is 4.90 Å². The Labute approximate surface area is 273 Å². The van der Waals surface area contributed by atoms with Crippen LogP contribution in [0.1, 0.15) is 45.6 Å². The van der Waals surface area contributed by atoms with E-state index < -0.39 is 11.7 Å².